The molecule has 0 aliphatic heterocycles. The summed E-state index contributed by atoms with van der Waals surface area (Å²) in [4.78, 5) is 40.3. The van der Waals surface area contributed by atoms with Gasteiger partial charge in [-0.3, -0.25) is 0 Å². The second-order valence-electron chi connectivity index (χ2n) is 33.4. The summed E-state index contributed by atoms with van der Waals surface area (Å²) in [6, 6.07) is 120. The minimum Gasteiger partial charge on any atom is -0.486 e. The number of nitrogens with zero attached hydrogens (tertiary/aromatic N) is 9. The molecule has 12 nitrogen and oxygen atoms in total. The van der Waals surface area contributed by atoms with Gasteiger partial charge < -0.3 is 43.2 Å². The minimum absolute atomic E-state index is 0. The van der Waals surface area contributed by atoms with Gasteiger partial charge in [0.1, 0.15) is 0 Å². The second-order valence-corrected chi connectivity index (χ2v) is 33.4. The molecule has 3 fully saturated rings. The van der Waals surface area contributed by atoms with Crippen LogP contribution in [0.3, 0.4) is 0 Å². The van der Waals surface area contributed by atoms with Gasteiger partial charge in [-0.15, -0.1) is 162 Å². The van der Waals surface area contributed by atoms with Crippen LogP contribution < -0.4 is 0 Å². The smallest absolute Gasteiger partial charge is 0.216 e. The van der Waals surface area contributed by atoms with Gasteiger partial charge in [0, 0.05) is 147 Å². The third kappa shape index (κ3) is 23.5. The van der Waals surface area contributed by atoms with Gasteiger partial charge in [0.25, 0.3) is 0 Å². The first kappa shape index (κ1) is 82.0. The molecule has 0 bridgehead atoms. The molecule has 3 saturated carbocycles. The normalized spacial score (nSPS) is 20.7. The van der Waals surface area contributed by atoms with Gasteiger partial charge in [0.2, 0.25) is 17.1 Å². The minimum atomic E-state index is -2.09. The summed E-state index contributed by atoms with van der Waals surface area (Å²) < 4.78 is 116. The van der Waals surface area contributed by atoms with E-state index in [2.05, 4.69) is 66.3 Å². The van der Waals surface area contributed by atoms with E-state index in [1.807, 2.05) is 318 Å². The molecule has 3 radical (unpaired) electrons. The largest absolute Gasteiger partial charge is 0.486 e. The number of hydrogen-bond donors (Lipinski definition) is 0. The average Bonchev–Trinajstić information content (AvgIpc) is 1.71. The SMILES string of the molecule is [2H]C([2H])([2H])c1c[c-]c(-c2ccccn2)cc1.[2H]C([2H])([2H])c1ccc(-c2[c-]cccc2)nc1.[2H]C1(c2ccccc2)CCC([2H])(c2ccc(-c3[c-]ccc4c3oc3nc(C)ccc34)nc2)CC1.[2H]C1(c2ccccc2)CCC([2H])(c2ccc(-c3[c-]ccc4c3oc3nc(C)ccc34)nc2)CC1.[2H]C1(c2ccccc2)CCC([2H])(c2ccc(-c3[c-]ccc4c3oc3nc(C)ccc34)nc2)CC1.[Ir].[Ir].[Ir].[c-]1ccccc1-c1ccccn1. The van der Waals surface area contributed by atoms with Crippen molar-refractivity contribution < 1.29 is 90.0 Å². The van der Waals surface area contributed by atoms with Crippen molar-refractivity contribution in [3.63, 3.8) is 0 Å². The van der Waals surface area contributed by atoms with Crippen molar-refractivity contribution in [3.05, 3.63) is 451 Å². The predicted molar refractivity (Wildman–Crippen MR) is 541 cm³/mol. The van der Waals surface area contributed by atoms with E-state index < -0.39 is 49.1 Å². The van der Waals surface area contributed by atoms with Crippen LogP contribution in [0.2, 0.25) is 0 Å². The summed E-state index contributed by atoms with van der Waals surface area (Å²) in [7, 11) is 0. The molecule has 9 aromatic carbocycles. The fourth-order valence-corrected chi connectivity index (χ4v) is 17.6. The molecule has 0 spiro atoms. The molecule has 687 valence electrons. The molecule has 24 rings (SSSR count). The van der Waals surface area contributed by atoms with Crippen LogP contribution in [-0.2, 0) is 60.3 Å². The first-order chi connectivity index (χ1) is 70.5. The van der Waals surface area contributed by atoms with E-state index in [1.165, 1.54) is 12.3 Å². The standard InChI is InChI=1S/3C29H25N2O.2C12H10N.C11H8N.3Ir/c3*1-19-10-16-25-24-8-5-9-26(28(24)32-29(25)31-19)27-17-15-23(18-30-27)22-13-11-21(12-14-22)20-6-3-2-4-7-20;1-10-5-7-11(8-6-10)12-4-2-3-9-13-12;1-10-7-8-12(13-9-10)11-5-3-2-4-6-11;1-2-6-10(7-3-1)11-8-4-5-9-12-11;;;/h3*2-8,10,15-18,21-22H,11-14H2,1H3;2-7,9H,1H3;2-5,7-9H,1H3;1-6,8-9H;;;/q6*-1;;;/i3*21D,22D;2*1D3;;;;. The van der Waals surface area contributed by atoms with E-state index in [0.29, 0.717) is 99.8 Å². The third-order valence-electron chi connectivity index (χ3n) is 24.7. The van der Waals surface area contributed by atoms with Gasteiger partial charge in [0.05, 0.1) is 16.7 Å². The van der Waals surface area contributed by atoms with E-state index in [0.717, 1.165) is 167 Å². The van der Waals surface area contributed by atoms with E-state index in [9.17, 15) is 0 Å². The topological polar surface area (TPSA) is 155 Å². The quantitative estimate of drug-likeness (QED) is 0.107. The van der Waals surface area contributed by atoms with Crippen LogP contribution in [0.1, 0.15) is 190 Å². The number of hydrogen-bond acceptors (Lipinski definition) is 12. The molecular weight excluding hydrogens is 2220 g/mol. The molecule has 0 atom stereocenters. The molecule has 12 heterocycles. The fourth-order valence-electron chi connectivity index (χ4n) is 17.6. The van der Waals surface area contributed by atoms with Crippen molar-refractivity contribution in [2.45, 2.75) is 147 Å². The van der Waals surface area contributed by atoms with Crippen LogP contribution in [-0.4, -0.2) is 44.9 Å². The van der Waals surface area contributed by atoms with E-state index in [4.69, 9.17) is 44.7 Å². The number of rotatable bonds is 12. The summed E-state index contributed by atoms with van der Waals surface area (Å²) in [5.74, 6) is -4.00. The predicted octanol–water partition coefficient (Wildman–Crippen LogP) is 31.0. The molecule has 137 heavy (non-hydrogen) atoms. The zero-order chi connectivity index (χ0) is 101. The maximum absolute atomic E-state index is 9.14. The number of pyridine rings is 9. The van der Waals surface area contributed by atoms with Crippen LogP contribution in [0.5, 0.6) is 0 Å². The maximum atomic E-state index is 9.14. The Balaban J connectivity index is 0.000000132. The van der Waals surface area contributed by atoms with Crippen molar-refractivity contribution in [1.29, 1.82) is 0 Å². The van der Waals surface area contributed by atoms with Gasteiger partial charge in [-0.1, -0.05) is 203 Å². The van der Waals surface area contributed by atoms with Gasteiger partial charge in [-0.2, -0.15) is 0 Å². The molecule has 15 heteroatoms. The van der Waals surface area contributed by atoms with Gasteiger partial charge in [0.15, 0.2) is 0 Å². The third-order valence-corrected chi connectivity index (χ3v) is 24.7. The zero-order valence-corrected chi connectivity index (χ0v) is 82.9. The molecule has 3 aliphatic carbocycles. The van der Waals surface area contributed by atoms with E-state index in [-0.39, 0.29) is 65.9 Å². The average molecular weight is 2330 g/mol. The summed E-state index contributed by atoms with van der Waals surface area (Å²) in [5.41, 5.74) is 23.1. The molecule has 21 aromatic rings. The van der Waals surface area contributed by atoms with E-state index in [1.54, 1.807) is 42.7 Å². The number of benzene rings is 9. The van der Waals surface area contributed by atoms with Crippen LogP contribution in [0.15, 0.2) is 366 Å². The molecule has 0 amide bonds. The summed E-state index contributed by atoms with van der Waals surface area (Å²) >= 11 is 0. The van der Waals surface area contributed by atoms with Crippen LogP contribution >= 0.6 is 0 Å². The summed E-state index contributed by atoms with van der Waals surface area (Å²) in [6.45, 7) is 1.69. The van der Waals surface area contributed by atoms with Gasteiger partial charge in [-0.25, -0.2) is 15.0 Å². The molecule has 0 unspecified atom stereocenters. The van der Waals surface area contributed by atoms with Crippen LogP contribution in [0.25, 0.3) is 134 Å². The maximum Gasteiger partial charge on any atom is 0.216 e. The van der Waals surface area contributed by atoms with Crippen molar-refractivity contribution in [2.24, 2.45) is 0 Å². The Labute approximate surface area is 859 Å². The Morgan fingerprint density at radius 1 is 0.255 bits per heavy atom. The summed E-state index contributed by atoms with van der Waals surface area (Å²) in [5, 5.41) is 5.95. The van der Waals surface area contributed by atoms with Crippen molar-refractivity contribution >= 4 is 66.2 Å². The number of fused-ring (bicyclic) bond motifs is 9. The second kappa shape index (κ2) is 46.5. The van der Waals surface area contributed by atoms with Gasteiger partial charge >= 0.3 is 0 Å². The Morgan fingerprint density at radius 2 is 0.569 bits per heavy atom. The van der Waals surface area contributed by atoms with Crippen LogP contribution in [0, 0.1) is 70.9 Å². The zero-order valence-electron chi connectivity index (χ0n) is 87.7. The molecular formula is C122H103Ir3N9O3-6. The first-order valence-electron chi connectivity index (χ1n) is 51.4. The number of aromatic nitrogens is 9. The Hall–Kier alpha value is -13.3. The summed E-state index contributed by atoms with van der Waals surface area (Å²) in [6.07, 6.45) is 18.2. The Kier molecular flexibility index (Phi) is 27.8. The molecule has 0 saturated heterocycles. The van der Waals surface area contributed by atoms with Crippen molar-refractivity contribution in [2.75, 3.05) is 0 Å². The van der Waals surface area contributed by atoms with Crippen molar-refractivity contribution in [1.82, 2.24) is 44.9 Å². The number of aryl methyl sites for hydroxylation is 5. The van der Waals surface area contributed by atoms with Gasteiger partial charge in [-0.05, 0) is 262 Å². The first-order valence-corrected chi connectivity index (χ1v) is 45.4. The fraction of sp³-hybridized carbons (Fsp3) is 0.189. The van der Waals surface area contributed by atoms with E-state index >= 15 is 0 Å². The Bertz CT molecular complexity index is 7380. The molecule has 3 aliphatic rings. The van der Waals surface area contributed by atoms with Crippen molar-refractivity contribution in [3.8, 4) is 67.5 Å². The number of furan rings is 3. The monoisotopic (exact) mass is 2330 g/mol. The Morgan fingerprint density at radius 3 is 0.861 bits per heavy atom. The molecule has 12 aromatic heterocycles. The van der Waals surface area contributed by atoms with Crippen LogP contribution in [0.4, 0.5) is 0 Å². The molecule has 0 N–H and O–H groups in total.